The highest BCUT2D eigenvalue weighted by Gasteiger charge is 2.13. The highest BCUT2D eigenvalue weighted by atomic mass is 16.5. The van der Waals surface area contributed by atoms with E-state index >= 15 is 0 Å². The van der Waals surface area contributed by atoms with E-state index in [9.17, 15) is 4.79 Å². The van der Waals surface area contributed by atoms with Crippen LogP contribution < -0.4 is 5.76 Å². The molecule has 0 unspecified atom stereocenters. The van der Waals surface area contributed by atoms with Crippen LogP contribution in [0.15, 0.2) is 21.5 Å². The lowest BCUT2D eigenvalue weighted by Gasteiger charge is -2.26. The number of oxazole rings is 1. The summed E-state index contributed by atoms with van der Waals surface area (Å²) in [6, 6.07) is 1.89. The molecule has 0 aromatic carbocycles. The van der Waals surface area contributed by atoms with E-state index < -0.39 is 0 Å². The van der Waals surface area contributed by atoms with Crippen LogP contribution in [-0.4, -0.2) is 40.8 Å². The summed E-state index contributed by atoms with van der Waals surface area (Å²) < 4.78 is 11.8. The summed E-state index contributed by atoms with van der Waals surface area (Å²) in [6.45, 7) is 4.21. The van der Waals surface area contributed by atoms with Crippen molar-refractivity contribution in [2.45, 2.75) is 6.54 Å². The maximum Gasteiger partial charge on any atom is 0.420 e. The second-order valence-corrected chi connectivity index (χ2v) is 4.48. The minimum atomic E-state index is -0.374. The monoisotopic (exact) mass is 249 g/mol. The van der Waals surface area contributed by atoms with Crippen molar-refractivity contribution in [3.63, 3.8) is 0 Å². The van der Waals surface area contributed by atoms with Gasteiger partial charge in [0, 0.05) is 32.9 Å². The SMILES string of the molecule is Cn1c(=O)oc2cc(CN3CCOCC3)cnc21. The third kappa shape index (κ3) is 2.04. The molecule has 1 aliphatic rings. The molecule has 0 N–H and O–H groups in total. The molecule has 0 saturated carbocycles. The minimum Gasteiger partial charge on any atom is -0.406 e. The summed E-state index contributed by atoms with van der Waals surface area (Å²) in [6.07, 6.45) is 1.80. The van der Waals surface area contributed by atoms with Crippen LogP contribution in [0.5, 0.6) is 0 Å². The molecule has 0 aliphatic carbocycles. The average molecular weight is 249 g/mol. The molecule has 0 amide bonds. The molecule has 1 aliphatic heterocycles. The molecular formula is C12H15N3O3. The zero-order valence-electron chi connectivity index (χ0n) is 10.3. The number of morpholine rings is 1. The molecular weight excluding hydrogens is 234 g/mol. The summed E-state index contributed by atoms with van der Waals surface area (Å²) in [5.41, 5.74) is 2.19. The predicted octanol–water partition coefficient (Wildman–Crippen LogP) is 0.359. The highest BCUT2D eigenvalue weighted by Crippen LogP contribution is 2.13. The fourth-order valence-corrected chi connectivity index (χ4v) is 2.16. The Morgan fingerprint density at radius 3 is 2.94 bits per heavy atom. The molecule has 1 fully saturated rings. The fraction of sp³-hybridized carbons (Fsp3) is 0.500. The van der Waals surface area contributed by atoms with Gasteiger partial charge in [-0.05, 0) is 11.6 Å². The van der Waals surface area contributed by atoms with E-state index in [4.69, 9.17) is 9.15 Å². The third-order valence-electron chi connectivity index (χ3n) is 3.19. The molecule has 2 aromatic rings. The van der Waals surface area contributed by atoms with Crippen molar-refractivity contribution in [1.29, 1.82) is 0 Å². The van der Waals surface area contributed by atoms with Gasteiger partial charge in [0.1, 0.15) is 0 Å². The molecule has 6 heteroatoms. The van der Waals surface area contributed by atoms with Gasteiger partial charge in [-0.2, -0.15) is 0 Å². The highest BCUT2D eigenvalue weighted by molar-refractivity contribution is 5.68. The largest absolute Gasteiger partial charge is 0.420 e. The molecule has 6 nitrogen and oxygen atoms in total. The van der Waals surface area contributed by atoms with E-state index in [-0.39, 0.29) is 5.76 Å². The van der Waals surface area contributed by atoms with Gasteiger partial charge in [0.05, 0.1) is 13.2 Å². The first-order chi connectivity index (χ1) is 8.74. The quantitative estimate of drug-likeness (QED) is 0.769. The minimum absolute atomic E-state index is 0.374. The zero-order chi connectivity index (χ0) is 12.5. The van der Waals surface area contributed by atoms with Crippen molar-refractivity contribution >= 4 is 11.2 Å². The topological polar surface area (TPSA) is 60.5 Å². The first-order valence-electron chi connectivity index (χ1n) is 5.98. The molecule has 3 heterocycles. The average Bonchev–Trinajstić information content (AvgIpc) is 2.66. The predicted molar refractivity (Wildman–Crippen MR) is 65.3 cm³/mol. The summed E-state index contributed by atoms with van der Waals surface area (Å²) in [5, 5.41) is 0. The van der Waals surface area contributed by atoms with Gasteiger partial charge in [0.15, 0.2) is 11.2 Å². The number of aryl methyl sites for hydroxylation is 1. The van der Waals surface area contributed by atoms with Gasteiger partial charge < -0.3 is 9.15 Å². The summed E-state index contributed by atoms with van der Waals surface area (Å²) in [4.78, 5) is 17.9. The van der Waals surface area contributed by atoms with E-state index in [1.807, 2.05) is 6.07 Å². The van der Waals surface area contributed by atoms with Crippen molar-refractivity contribution < 1.29 is 9.15 Å². The number of nitrogens with zero attached hydrogens (tertiary/aromatic N) is 3. The Kier molecular flexibility index (Phi) is 2.89. The van der Waals surface area contributed by atoms with Gasteiger partial charge in [-0.1, -0.05) is 0 Å². The number of aromatic nitrogens is 2. The van der Waals surface area contributed by atoms with Gasteiger partial charge in [0.25, 0.3) is 0 Å². The fourth-order valence-electron chi connectivity index (χ4n) is 2.16. The normalized spacial score (nSPS) is 17.4. The van der Waals surface area contributed by atoms with E-state index in [0.29, 0.717) is 11.2 Å². The molecule has 0 radical (unpaired) electrons. The van der Waals surface area contributed by atoms with E-state index in [2.05, 4.69) is 9.88 Å². The van der Waals surface area contributed by atoms with Crippen LogP contribution in [0.25, 0.3) is 11.2 Å². The maximum atomic E-state index is 11.4. The Morgan fingerprint density at radius 2 is 2.17 bits per heavy atom. The second-order valence-electron chi connectivity index (χ2n) is 4.48. The van der Waals surface area contributed by atoms with Crippen molar-refractivity contribution in [3.05, 3.63) is 28.4 Å². The number of rotatable bonds is 2. The van der Waals surface area contributed by atoms with Crippen molar-refractivity contribution in [1.82, 2.24) is 14.5 Å². The van der Waals surface area contributed by atoms with Crippen LogP contribution in [-0.2, 0) is 18.3 Å². The molecule has 1 saturated heterocycles. The van der Waals surface area contributed by atoms with Gasteiger partial charge in [0.2, 0.25) is 0 Å². The standard InChI is InChI=1S/C12H15N3O3/c1-14-11-10(18-12(14)16)6-9(7-13-11)8-15-2-4-17-5-3-15/h6-7H,2-5,8H2,1H3. The van der Waals surface area contributed by atoms with Crippen LogP contribution in [0.1, 0.15) is 5.56 Å². The van der Waals surface area contributed by atoms with Crippen molar-refractivity contribution in [2.24, 2.45) is 7.05 Å². The van der Waals surface area contributed by atoms with Crippen molar-refractivity contribution in [3.8, 4) is 0 Å². The summed E-state index contributed by atoms with van der Waals surface area (Å²) >= 11 is 0. The van der Waals surface area contributed by atoms with Crippen LogP contribution in [0.2, 0.25) is 0 Å². The number of pyridine rings is 1. The molecule has 2 aromatic heterocycles. The number of hydrogen-bond acceptors (Lipinski definition) is 5. The number of fused-ring (bicyclic) bond motifs is 1. The van der Waals surface area contributed by atoms with Gasteiger partial charge >= 0.3 is 5.76 Å². The van der Waals surface area contributed by atoms with Gasteiger partial charge in [-0.25, -0.2) is 9.78 Å². The Labute approximate surface area is 104 Å². The second kappa shape index (κ2) is 4.55. The zero-order valence-corrected chi connectivity index (χ0v) is 10.3. The number of ether oxygens (including phenoxy) is 1. The lowest BCUT2D eigenvalue weighted by Crippen LogP contribution is -2.35. The van der Waals surface area contributed by atoms with Crippen LogP contribution >= 0.6 is 0 Å². The lowest BCUT2D eigenvalue weighted by molar-refractivity contribution is 0.0341. The van der Waals surface area contributed by atoms with Crippen molar-refractivity contribution in [2.75, 3.05) is 26.3 Å². The third-order valence-corrected chi connectivity index (χ3v) is 3.19. The summed E-state index contributed by atoms with van der Waals surface area (Å²) in [7, 11) is 1.66. The van der Waals surface area contributed by atoms with Gasteiger partial charge in [-0.3, -0.25) is 9.47 Å². The van der Waals surface area contributed by atoms with Crippen LogP contribution in [0.4, 0.5) is 0 Å². The number of hydrogen-bond donors (Lipinski definition) is 0. The Morgan fingerprint density at radius 1 is 1.39 bits per heavy atom. The van der Waals surface area contributed by atoms with Gasteiger partial charge in [-0.15, -0.1) is 0 Å². The molecule has 96 valence electrons. The van der Waals surface area contributed by atoms with Crippen LogP contribution in [0.3, 0.4) is 0 Å². The van der Waals surface area contributed by atoms with E-state index in [1.165, 1.54) is 4.57 Å². The molecule has 0 atom stereocenters. The Hall–Kier alpha value is -1.66. The Bertz CT molecular complexity index is 611. The smallest absolute Gasteiger partial charge is 0.406 e. The first kappa shape index (κ1) is 11.4. The lowest BCUT2D eigenvalue weighted by atomic mass is 10.2. The molecule has 0 bridgehead atoms. The Balaban J connectivity index is 1.86. The molecule has 3 rings (SSSR count). The van der Waals surface area contributed by atoms with E-state index in [0.717, 1.165) is 38.4 Å². The van der Waals surface area contributed by atoms with E-state index in [1.54, 1.807) is 13.2 Å². The summed E-state index contributed by atoms with van der Waals surface area (Å²) in [5.74, 6) is -0.374. The first-order valence-corrected chi connectivity index (χ1v) is 5.98. The van der Waals surface area contributed by atoms with Crippen LogP contribution in [0, 0.1) is 0 Å². The molecule has 0 spiro atoms. The maximum absolute atomic E-state index is 11.4. The molecule has 18 heavy (non-hydrogen) atoms.